The number of hydrogen-bond acceptors (Lipinski definition) is 11. The van der Waals surface area contributed by atoms with E-state index in [4.69, 9.17) is 15.3 Å². The Bertz CT molecular complexity index is 1360. The van der Waals surface area contributed by atoms with E-state index in [1.165, 1.54) is 23.8 Å². The Hall–Kier alpha value is -3.47. The summed E-state index contributed by atoms with van der Waals surface area (Å²) in [6.07, 6.45) is 3.84. The largest absolute Gasteiger partial charge is 0.870 e. The zero-order valence-corrected chi connectivity index (χ0v) is 24.6. The van der Waals surface area contributed by atoms with Crippen molar-refractivity contribution in [2.45, 2.75) is 37.6 Å². The zero-order chi connectivity index (χ0) is 27.8. The van der Waals surface area contributed by atoms with Gasteiger partial charge in [0.05, 0.1) is 15.2 Å². The lowest BCUT2D eigenvalue weighted by Gasteiger charge is -2.49. The number of nitrogens with one attached hydrogen (secondary N) is 1. The number of β-lactam (4-membered cyclic amide) rings is 1. The van der Waals surface area contributed by atoms with E-state index in [1.807, 2.05) is 23.0 Å². The number of thiazole rings is 1. The first-order valence-electron chi connectivity index (χ1n) is 11.6. The van der Waals surface area contributed by atoms with E-state index in [1.54, 1.807) is 12.5 Å². The second-order valence-electron chi connectivity index (χ2n) is 9.66. The molecule has 0 bridgehead atoms. The first-order chi connectivity index (χ1) is 18.0. The van der Waals surface area contributed by atoms with Crippen molar-refractivity contribution >= 4 is 65.0 Å². The van der Waals surface area contributed by atoms with Gasteiger partial charge in [-0.1, -0.05) is 24.8 Å². The normalized spacial score (nSPS) is 19.1. The molecule has 0 radical (unpaired) electrons. The predicted octanol–water partition coefficient (Wildman–Crippen LogP) is 0.179. The number of pyridine rings is 1. The number of aliphatic carboxylic acids is 1. The van der Waals surface area contributed by atoms with Crippen molar-refractivity contribution in [3.8, 4) is 5.75 Å². The van der Waals surface area contributed by atoms with Crippen molar-refractivity contribution in [3.63, 3.8) is 0 Å². The van der Waals surface area contributed by atoms with Crippen molar-refractivity contribution in [1.82, 2.24) is 15.2 Å². The average Bonchev–Trinajstić information content (AvgIpc) is 3.30. The third kappa shape index (κ3) is 5.92. The third-order valence-corrected chi connectivity index (χ3v) is 10.1. The van der Waals surface area contributed by atoms with Crippen LogP contribution in [-0.2, 0) is 25.8 Å². The van der Waals surface area contributed by atoms with Gasteiger partial charge in [0.15, 0.2) is 29.8 Å². The molecule has 2 atom stereocenters. The lowest BCUT2D eigenvalue weighted by Crippen LogP contribution is -2.71. The monoisotopic (exact) mass is 594 g/mol. The second-order valence-corrected chi connectivity index (χ2v) is 16.7. The maximum atomic E-state index is 13.1. The van der Waals surface area contributed by atoms with E-state index in [9.17, 15) is 19.5 Å². The van der Waals surface area contributed by atoms with Gasteiger partial charge in [-0.2, -0.15) is 0 Å². The summed E-state index contributed by atoms with van der Waals surface area (Å²) >= 11 is 2.53. The van der Waals surface area contributed by atoms with Gasteiger partial charge in [0.25, 0.3) is 11.8 Å². The maximum absolute atomic E-state index is 13.1. The molecule has 2 aromatic heterocycles. The fourth-order valence-electron chi connectivity index (χ4n) is 4.29. The number of nitrogens with two attached hydrogens (primary N) is 1. The van der Waals surface area contributed by atoms with Crippen LogP contribution in [0.25, 0.3) is 0 Å². The summed E-state index contributed by atoms with van der Waals surface area (Å²) in [5, 5.41) is 18.8. The molecule has 2 aliphatic heterocycles. The Kier molecular flexibility index (Phi) is 9.04. The molecule has 2 aliphatic rings. The topological polar surface area (TPSA) is 190 Å². The Labute approximate surface area is 234 Å². The molecule has 39 heavy (non-hydrogen) atoms. The van der Waals surface area contributed by atoms with E-state index in [-0.39, 0.29) is 27.7 Å². The van der Waals surface area contributed by atoms with E-state index >= 15 is 0 Å². The van der Waals surface area contributed by atoms with Gasteiger partial charge >= 0.3 is 5.97 Å². The van der Waals surface area contributed by atoms with Gasteiger partial charge in [0.1, 0.15) is 35.7 Å². The summed E-state index contributed by atoms with van der Waals surface area (Å²) < 4.78 is 7.46. The number of ether oxygens (including phenoxy) is 1. The number of fused-ring (bicyclic) bond motifs is 1. The summed E-state index contributed by atoms with van der Waals surface area (Å²) in [5.41, 5.74) is 6.30. The summed E-state index contributed by atoms with van der Waals surface area (Å²) in [4.78, 5) is 48.4. The van der Waals surface area contributed by atoms with Gasteiger partial charge in [-0.3, -0.25) is 14.5 Å². The molecule has 2 aromatic rings. The number of hydrogen-bond donors (Lipinski definition) is 3. The Balaban J connectivity index is 0.00000420. The molecule has 4 heterocycles. The fourth-order valence-corrected chi connectivity index (χ4v) is 7.65. The van der Waals surface area contributed by atoms with Crippen LogP contribution in [0.15, 0.2) is 40.3 Å². The van der Waals surface area contributed by atoms with E-state index in [0.29, 0.717) is 17.9 Å². The minimum atomic E-state index is -1.74. The van der Waals surface area contributed by atoms with Gasteiger partial charge < -0.3 is 31.2 Å². The molecule has 16 heteroatoms. The molecule has 1 saturated heterocycles. The van der Waals surface area contributed by atoms with Gasteiger partial charge in [0, 0.05) is 28.0 Å². The number of oxime groups is 1. The summed E-state index contributed by atoms with van der Waals surface area (Å²) in [5.74, 6) is -1.19. The molecule has 0 saturated carbocycles. The number of methoxy groups -OCH3 is 1. The van der Waals surface area contributed by atoms with Gasteiger partial charge in [-0.05, 0) is 0 Å². The number of aromatic nitrogens is 2. The number of nitrogen functional groups attached to an aromatic ring is 1. The van der Waals surface area contributed by atoms with Crippen LogP contribution >= 0.6 is 23.1 Å². The molecule has 2 amide bonds. The number of carbonyl (C=O) groups excluding carboxylic acids is 2. The molecule has 0 unspecified atom stereocenters. The molecule has 5 N–H and O–H groups in total. The molecule has 1 fully saturated rings. The van der Waals surface area contributed by atoms with Crippen LogP contribution in [0.1, 0.15) is 5.69 Å². The number of rotatable bonds is 9. The van der Waals surface area contributed by atoms with Gasteiger partial charge in [-0.15, -0.1) is 23.1 Å². The number of anilines is 1. The lowest BCUT2D eigenvalue weighted by molar-refractivity contribution is -0.688. The molecule has 0 aliphatic carbocycles. The number of carboxylic acid groups (broad SMARTS) is 1. The zero-order valence-electron chi connectivity index (χ0n) is 22.0. The molecular formula is C23H30N6O7S2Si. The Morgan fingerprint density at radius 2 is 2.08 bits per heavy atom. The van der Waals surface area contributed by atoms with Gasteiger partial charge in [-0.25, -0.2) is 14.3 Å². The number of thioether (sulfide) groups is 1. The van der Waals surface area contributed by atoms with Crippen LogP contribution in [0.2, 0.25) is 19.6 Å². The van der Waals surface area contributed by atoms with Crippen molar-refractivity contribution in [2.24, 2.45) is 5.16 Å². The molecule has 13 nitrogen and oxygen atoms in total. The maximum Gasteiger partial charge on any atom is 0.352 e. The van der Waals surface area contributed by atoms with E-state index in [2.05, 4.69) is 35.1 Å². The minimum absolute atomic E-state index is 0. The summed E-state index contributed by atoms with van der Waals surface area (Å²) in [6, 6.07) is 0.955. The molecule has 4 rings (SSSR count). The number of carboxylic acids is 1. The standard InChI is InChI=1S/C23H28N6O6S2Si.H2O/c1-34-14-6-7-28(9-15(14)38(3,4)5)8-12-10-36-21-17(20(31)29(21)18(12)22(32)33)26-19(30)16(27-35-2)13-11-37-23(24)25-13;/h6-7,9,11,17,21H,8,10H2,1-5H3,(H3-,24,25,26,30,32,33);1H2/b27-16-;/t17-,21-;/m0./s1. The number of amides is 2. The SMILES string of the molecule is CO/N=C(\C(=O)N[C@H]1C(=O)N2C(C(=O)O)=C(C[n+]3ccc(OC)c([Si](C)(C)C)c3)CS[C@@H]12)c1csc(N)n1.[OH-]. The van der Waals surface area contributed by atoms with Crippen LogP contribution in [0.3, 0.4) is 0 Å². The smallest absolute Gasteiger partial charge is 0.352 e. The van der Waals surface area contributed by atoms with Crippen molar-refractivity contribution in [2.75, 3.05) is 25.7 Å². The van der Waals surface area contributed by atoms with Gasteiger partial charge in [0.2, 0.25) is 0 Å². The fraction of sp³-hybridized carbons (Fsp3) is 0.391. The van der Waals surface area contributed by atoms with E-state index < -0.39 is 37.3 Å². The summed E-state index contributed by atoms with van der Waals surface area (Å²) in [6.45, 7) is 6.92. The van der Waals surface area contributed by atoms with Crippen LogP contribution in [0, 0.1) is 0 Å². The van der Waals surface area contributed by atoms with Crippen LogP contribution < -0.4 is 25.5 Å². The Morgan fingerprint density at radius 1 is 1.36 bits per heavy atom. The third-order valence-electron chi connectivity index (χ3n) is 6.08. The highest BCUT2D eigenvalue weighted by molar-refractivity contribution is 8.00. The molecular weight excluding hydrogens is 565 g/mol. The highest BCUT2D eigenvalue weighted by Crippen LogP contribution is 2.40. The first-order valence-corrected chi connectivity index (χ1v) is 17.0. The molecule has 210 valence electrons. The first kappa shape index (κ1) is 30.1. The quantitative estimate of drug-likeness (QED) is 0.119. The van der Waals surface area contributed by atoms with Crippen LogP contribution in [-0.4, -0.2) is 83.4 Å². The Morgan fingerprint density at radius 3 is 2.64 bits per heavy atom. The highest BCUT2D eigenvalue weighted by Gasteiger charge is 2.54. The van der Waals surface area contributed by atoms with Crippen molar-refractivity contribution in [1.29, 1.82) is 0 Å². The number of nitrogens with zero attached hydrogens (tertiary/aromatic N) is 4. The van der Waals surface area contributed by atoms with Crippen LogP contribution in [0.4, 0.5) is 5.13 Å². The molecule has 0 aromatic carbocycles. The predicted molar refractivity (Wildman–Crippen MR) is 148 cm³/mol. The number of carbonyl (C=O) groups is 3. The van der Waals surface area contributed by atoms with Crippen LogP contribution in [0.5, 0.6) is 5.75 Å². The van der Waals surface area contributed by atoms with E-state index in [0.717, 1.165) is 22.3 Å². The lowest BCUT2D eigenvalue weighted by atomic mass is 10.0. The highest BCUT2D eigenvalue weighted by atomic mass is 32.2. The summed E-state index contributed by atoms with van der Waals surface area (Å²) in [7, 11) is 1.18. The van der Waals surface area contributed by atoms with Crippen molar-refractivity contribution in [3.05, 3.63) is 40.8 Å². The minimum Gasteiger partial charge on any atom is -0.870 e. The molecule has 0 spiro atoms. The average molecular weight is 595 g/mol. The second kappa shape index (κ2) is 11.7. The van der Waals surface area contributed by atoms with Crippen molar-refractivity contribution < 1.29 is 39.1 Å².